The molecule has 1 aromatic heterocycles. The minimum atomic E-state index is -0.0763. The van der Waals surface area contributed by atoms with Gasteiger partial charge in [0, 0.05) is 13.6 Å². The summed E-state index contributed by atoms with van der Waals surface area (Å²) < 4.78 is 4.89. The molecule has 0 aliphatic heterocycles. The van der Waals surface area contributed by atoms with Crippen molar-refractivity contribution in [1.82, 2.24) is 10.1 Å². The molecule has 1 heterocycles. The second kappa shape index (κ2) is 4.82. The maximum Gasteiger partial charge on any atom is 0.259 e. The molecule has 0 unspecified atom stereocenters. The summed E-state index contributed by atoms with van der Waals surface area (Å²) in [4.78, 5) is 13.7. The van der Waals surface area contributed by atoms with Crippen molar-refractivity contribution in [2.75, 3.05) is 7.05 Å². The summed E-state index contributed by atoms with van der Waals surface area (Å²) >= 11 is 0. The van der Waals surface area contributed by atoms with E-state index in [1.165, 1.54) is 6.20 Å². The number of hydrogen-bond donors (Lipinski definition) is 0. The average Bonchev–Trinajstić information content (AvgIpc) is 2.76. The standard InChI is InChI=1S/C13H14N2O2/c1-10-12(8-14-17-10)13(16)15(2)9-11-6-4-3-5-7-11/h3-8H,9H2,1-2H3. The number of hydrogen-bond acceptors (Lipinski definition) is 3. The van der Waals surface area contributed by atoms with Gasteiger partial charge in [-0.05, 0) is 12.5 Å². The van der Waals surface area contributed by atoms with Gasteiger partial charge in [0.2, 0.25) is 0 Å². The number of rotatable bonds is 3. The van der Waals surface area contributed by atoms with E-state index < -0.39 is 0 Å². The van der Waals surface area contributed by atoms with Crippen LogP contribution in [0.25, 0.3) is 0 Å². The Hall–Kier alpha value is -2.10. The molecule has 0 saturated heterocycles. The molecule has 1 amide bonds. The SMILES string of the molecule is Cc1oncc1C(=O)N(C)Cc1ccccc1. The van der Waals surface area contributed by atoms with Crippen LogP contribution in [0.4, 0.5) is 0 Å². The molecule has 0 aliphatic carbocycles. The summed E-state index contributed by atoms with van der Waals surface area (Å²) in [6, 6.07) is 9.85. The highest BCUT2D eigenvalue weighted by molar-refractivity contribution is 5.94. The predicted molar refractivity (Wildman–Crippen MR) is 63.5 cm³/mol. The van der Waals surface area contributed by atoms with E-state index in [0.29, 0.717) is 17.9 Å². The van der Waals surface area contributed by atoms with Gasteiger partial charge in [0.15, 0.2) is 0 Å². The number of nitrogens with zero attached hydrogens (tertiary/aromatic N) is 2. The zero-order chi connectivity index (χ0) is 12.3. The van der Waals surface area contributed by atoms with E-state index >= 15 is 0 Å². The third-order valence-electron chi connectivity index (χ3n) is 2.59. The maximum atomic E-state index is 12.1. The molecule has 0 aliphatic rings. The zero-order valence-corrected chi connectivity index (χ0v) is 9.88. The molecule has 0 fully saturated rings. The number of benzene rings is 1. The van der Waals surface area contributed by atoms with Gasteiger partial charge in [-0.2, -0.15) is 0 Å². The smallest absolute Gasteiger partial charge is 0.259 e. The lowest BCUT2D eigenvalue weighted by molar-refractivity contribution is 0.0783. The van der Waals surface area contributed by atoms with Crippen LogP contribution in [0.15, 0.2) is 41.1 Å². The first kappa shape index (κ1) is 11.4. The van der Waals surface area contributed by atoms with Crippen molar-refractivity contribution in [1.29, 1.82) is 0 Å². The molecule has 2 aromatic rings. The van der Waals surface area contributed by atoms with Crippen molar-refractivity contribution in [2.45, 2.75) is 13.5 Å². The van der Waals surface area contributed by atoms with Crippen LogP contribution in [-0.2, 0) is 6.54 Å². The highest BCUT2D eigenvalue weighted by Crippen LogP contribution is 2.11. The summed E-state index contributed by atoms with van der Waals surface area (Å²) in [5.41, 5.74) is 1.61. The van der Waals surface area contributed by atoms with Crippen molar-refractivity contribution in [3.63, 3.8) is 0 Å². The monoisotopic (exact) mass is 230 g/mol. The topological polar surface area (TPSA) is 46.3 Å². The van der Waals surface area contributed by atoms with Gasteiger partial charge >= 0.3 is 0 Å². The van der Waals surface area contributed by atoms with E-state index in [-0.39, 0.29) is 5.91 Å². The molecule has 0 atom stereocenters. The van der Waals surface area contributed by atoms with Crippen LogP contribution in [0.2, 0.25) is 0 Å². The first-order valence-electron chi connectivity index (χ1n) is 5.39. The van der Waals surface area contributed by atoms with E-state index in [0.717, 1.165) is 5.56 Å². The lowest BCUT2D eigenvalue weighted by atomic mass is 10.2. The van der Waals surface area contributed by atoms with E-state index in [2.05, 4.69) is 5.16 Å². The molecule has 4 nitrogen and oxygen atoms in total. The molecule has 4 heteroatoms. The second-order valence-corrected chi connectivity index (χ2v) is 3.94. The van der Waals surface area contributed by atoms with Gasteiger partial charge < -0.3 is 9.42 Å². The first-order chi connectivity index (χ1) is 8.18. The van der Waals surface area contributed by atoms with Crippen LogP contribution < -0.4 is 0 Å². The summed E-state index contributed by atoms with van der Waals surface area (Å²) in [5.74, 6) is 0.475. The fraction of sp³-hybridized carbons (Fsp3) is 0.231. The fourth-order valence-corrected chi connectivity index (χ4v) is 1.64. The van der Waals surface area contributed by atoms with Gasteiger partial charge in [0.05, 0.1) is 6.20 Å². The molecular formula is C13H14N2O2. The predicted octanol–water partition coefficient (Wildman–Crippen LogP) is 2.26. The van der Waals surface area contributed by atoms with Crippen molar-refractivity contribution in [2.24, 2.45) is 0 Å². The lowest BCUT2D eigenvalue weighted by Crippen LogP contribution is -2.26. The highest BCUT2D eigenvalue weighted by Gasteiger charge is 2.17. The van der Waals surface area contributed by atoms with Crippen LogP contribution in [0.3, 0.4) is 0 Å². The molecular weight excluding hydrogens is 216 g/mol. The van der Waals surface area contributed by atoms with Crippen molar-refractivity contribution >= 4 is 5.91 Å². The molecule has 0 spiro atoms. The van der Waals surface area contributed by atoms with Gasteiger partial charge in [-0.3, -0.25) is 4.79 Å². The minimum absolute atomic E-state index is 0.0763. The number of aromatic nitrogens is 1. The average molecular weight is 230 g/mol. The maximum absolute atomic E-state index is 12.1. The Balaban J connectivity index is 2.09. The molecule has 17 heavy (non-hydrogen) atoms. The van der Waals surface area contributed by atoms with Crippen LogP contribution in [0.1, 0.15) is 21.7 Å². The van der Waals surface area contributed by atoms with Crippen LogP contribution in [-0.4, -0.2) is 23.0 Å². The van der Waals surface area contributed by atoms with Crippen molar-refractivity contribution < 1.29 is 9.32 Å². The summed E-state index contributed by atoms with van der Waals surface area (Å²) in [6.07, 6.45) is 1.46. The zero-order valence-electron chi connectivity index (χ0n) is 9.88. The van der Waals surface area contributed by atoms with Gasteiger partial charge in [0.25, 0.3) is 5.91 Å². The normalized spacial score (nSPS) is 10.2. The molecule has 2 rings (SSSR count). The Kier molecular flexibility index (Phi) is 3.23. The molecule has 0 bridgehead atoms. The Morgan fingerprint density at radius 1 is 1.35 bits per heavy atom. The van der Waals surface area contributed by atoms with E-state index in [1.54, 1.807) is 18.9 Å². The number of amides is 1. The van der Waals surface area contributed by atoms with E-state index in [9.17, 15) is 4.79 Å². The number of carbonyl (C=O) groups excluding carboxylic acids is 1. The lowest BCUT2D eigenvalue weighted by Gasteiger charge is -2.16. The summed E-state index contributed by atoms with van der Waals surface area (Å²) in [7, 11) is 1.77. The van der Waals surface area contributed by atoms with Crippen LogP contribution in [0.5, 0.6) is 0 Å². The molecule has 0 N–H and O–H groups in total. The largest absolute Gasteiger partial charge is 0.361 e. The van der Waals surface area contributed by atoms with Gasteiger partial charge in [-0.1, -0.05) is 35.5 Å². The Morgan fingerprint density at radius 2 is 2.06 bits per heavy atom. The minimum Gasteiger partial charge on any atom is -0.361 e. The van der Waals surface area contributed by atoms with E-state index in [1.807, 2.05) is 30.3 Å². The van der Waals surface area contributed by atoms with Crippen molar-refractivity contribution in [3.05, 3.63) is 53.4 Å². The van der Waals surface area contributed by atoms with Crippen molar-refractivity contribution in [3.8, 4) is 0 Å². The summed E-state index contributed by atoms with van der Waals surface area (Å²) in [6.45, 7) is 2.31. The molecule has 1 aromatic carbocycles. The highest BCUT2D eigenvalue weighted by atomic mass is 16.5. The Bertz CT molecular complexity index is 505. The van der Waals surface area contributed by atoms with Crippen LogP contribution >= 0.6 is 0 Å². The Morgan fingerprint density at radius 3 is 2.65 bits per heavy atom. The third kappa shape index (κ3) is 2.53. The second-order valence-electron chi connectivity index (χ2n) is 3.94. The molecule has 0 radical (unpaired) electrons. The van der Waals surface area contributed by atoms with Gasteiger partial charge in [0.1, 0.15) is 11.3 Å². The number of aryl methyl sites for hydroxylation is 1. The fourth-order valence-electron chi connectivity index (χ4n) is 1.64. The Labute approximate surface area is 99.8 Å². The number of carbonyl (C=O) groups is 1. The van der Waals surface area contributed by atoms with Gasteiger partial charge in [-0.15, -0.1) is 0 Å². The molecule has 0 saturated carbocycles. The molecule has 88 valence electrons. The quantitative estimate of drug-likeness (QED) is 0.812. The first-order valence-corrected chi connectivity index (χ1v) is 5.39. The van der Waals surface area contributed by atoms with Gasteiger partial charge in [-0.25, -0.2) is 0 Å². The summed E-state index contributed by atoms with van der Waals surface area (Å²) in [5, 5.41) is 3.61. The van der Waals surface area contributed by atoms with E-state index in [4.69, 9.17) is 4.52 Å². The third-order valence-corrected chi connectivity index (χ3v) is 2.59. The van der Waals surface area contributed by atoms with Crippen LogP contribution in [0, 0.1) is 6.92 Å².